The van der Waals surface area contributed by atoms with E-state index in [0.29, 0.717) is 23.1 Å². The molecule has 150 valence electrons. The lowest BCUT2D eigenvalue weighted by molar-refractivity contribution is 0.0983. The van der Waals surface area contributed by atoms with Crippen molar-refractivity contribution in [3.63, 3.8) is 0 Å². The number of hydrogen-bond donors (Lipinski definition) is 0. The van der Waals surface area contributed by atoms with Gasteiger partial charge in [0, 0.05) is 19.8 Å². The Bertz CT molecular complexity index is 992. The number of rotatable bonds is 7. The molecule has 1 amide bonds. The largest absolute Gasteiger partial charge is 0.479 e. The molecule has 28 heavy (non-hydrogen) atoms. The Labute approximate surface area is 169 Å². The van der Waals surface area contributed by atoms with Crippen LogP contribution in [0.15, 0.2) is 18.3 Å². The van der Waals surface area contributed by atoms with E-state index in [-0.39, 0.29) is 5.91 Å². The molecule has 0 saturated carbocycles. The third-order valence-corrected chi connectivity index (χ3v) is 5.80. The zero-order valence-electron chi connectivity index (χ0n) is 17.3. The number of aryl methyl sites for hydroxylation is 3. The number of carbonyl (C=O) groups excluding carboxylic acids is 1. The van der Waals surface area contributed by atoms with Crippen LogP contribution < -0.4 is 9.64 Å². The Hall–Kier alpha value is -2.45. The maximum atomic E-state index is 13.4. The fourth-order valence-corrected chi connectivity index (χ4v) is 4.12. The maximum absolute atomic E-state index is 13.4. The minimum atomic E-state index is -0.142. The number of fused-ring (bicyclic) bond motifs is 1. The average molecular weight is 402 g/mol. The molecule has 0 aliphatic heterocycles. The fourth-order valence-electron chi connectivity index (χ4n) is 3.07. The third kappa shape index (κ3) is 4.02. The molecule has 3 rings (SSSR count). The van der Waals surface area contributed by atoms with Crippen molar-refractivity contribution in [2.75, 3.05) is 39.2 Å². The van der Waals surface area contributed by atoms with Crippen LogP contribution in [-0.2, 0) is 7.05 Å². The molecule has 8 heteroatoms. The predicted molar refractivity (Wildman–Crippen MR) is 114 cm³/mol. The summed E-state index contributed by atoms with van der Waals surface area (Å²) < 4.78 is 7.98. The Morgan fingerprint density at radius 3 is 2.68 bits per heavy atom. The number of amides is 1. The number of methoxy groups -OCH3 is 1. The van der Waals surface area contributed by atoms with Crippen LogP contribution in [0.5, 0.6) is 5.88 Å². The number of benzene rings is 1. The number of ether oxygens (including phenoxy) is 1. The average Bonchev–Trinajstić information content (AvgIpc) is 3.25. The molecule has 0 atom stereocenters. The highest BCUT2D eigenvalue weighted by Crippen LogP contribution is 2.33. The quantitative estimate of drug-likeness (QED) is 0.608. The lowest BCUT2D eigenvalue weighted by Crippen LogP contribution is -2.33. The highest BCUT2D eigenvalue weighted by molar-refractivity contribution is 7.22. The van der Waals surface area contributed by atoms with Crippen LogP contribution in [0.1, 0.15) is 27.9 Å². The van der Waals surface area contributed by atoms with Crippen LogP contribution in [0.3, 0.4) is 0 Å². The summed E-state index contributed by atoms with van der Waals surface area (Å²) >= 11 is 1.54. The molecule has 2 heterocycles. The molecule has 0 fully saturated rings. The molecule has 3 aromatic rings. The van der Waals surface area contributed by atoms with Gasteiger partial charge in [-0.15, -0.1) is 5.10 Å². The second kappa shape index (κ2) is 8.28. The van der Waals surface area contributed by atoms with E-state index < -0.39 is 0 Å². The van der Waals surface area contributed by atoms with Crippen LogP contribution in [0.2, 0.25) is 0 Å². The summed E-state index contributed by atoms with van der Waals surface area (Å²) in [6.45, 7) is 5.61. The van der Waals surface area contributed by atoms with Crippen LogP contribution in [0, 0.1) is 13.8 Å². The number of nitrogens with zero attached hydrogens (tertiary/aromatic N) is 5. The zero-order valence-corrected chi connectivity index (χ0v) is 18.1. The fraction of sp³-hybridized carbons (Fsp3) is 0.450. The van der Waals surface area contributed by atoms with Crippen molar-refractivity contribution in [1.82, 2.24) is 19.7 Å². The van der Waals surface area contributed by atoms with Crippen LogP contribution >= 0.6 is 11.3 Å². The van der Waals surface area contributed by atoms with Crippen molar-refractivity contribution < 1.29 is 9.53 Å². The molecule has 0 aliphatic carbocycles. The molecular formula is C20H27N5O2S. The SMILES string of the molecule is COc1nn(C)cc1C(=O)N(CCCN(C)C)c1nc2c(C)c(C)ccc2s1. The van der Waals surface area contributed by atoms with E-state index in [1.807, 2.05) is 14.1 Å². The normalized spacial score (nSPS) is 11.4. The van der Waals surface area contributed by atoms with Gasteiger partial charge in [-0.25, -0.2) is 4.98 Å². The summed E-state index contributed by atoms with van der Waals surface area (Å²) in [5.74, 6) is 0.190. The number of thiazole rings is 1. The Morgan fingerprint density at radius 1 is 1.25 bits per heavy atom. The first kappa shape index (κ1) is 20.3. The third-order valence-electron chi connectivity index (χ3n) is 4.76. The van der Waals surface area contributed by atoms with E-state index in [1.165, 1.54) is 12.7 Å². The van der Waals surface area contributed by atoms with E-state index in [1.54, 1.807) is 34.2 Å². The summed E-state index contributed by atoms with van der Waals surface area (Å²) in [7, 11) is 7.36. The molecule has 7 nitrogen and oxygen atoms in total. The topological polar surface area (TPSA) is 63.5 Å². The minimum absolute atomic E-state index is 0.142. The summed E-state index contributed by atoms with van der Waals surface area (Å²) in [5.41, 5.74) is 3.76. The van der Waals surface area contributed by atoms with E-state index in [9.17, 15) is 4.79 Å². The molecule has 0 radical (unpaired) electrons. The van der Waals surface area contributed by atoms with Gasteiger partial charge in [0.15, 0.2) is 5.13 Å². The van der Waals surface area contributed by atoms with Crippen molar-refractivity contribution in [2.24, 2.45) is 7.05 Å². The molecule has 2 aromatic heterocycles. The van der Waals surface area contributed by atoms with Gasteiger partial charge >= 0.3 is 0 Å². The van der Waals surface area contributed by atoms with Gasteiger partial charge in [0.25, 0.3) is 5.91 Å². The number of carbonyl (C=O) groups is 1. The van der Waals surface area contributed by atoms with Gasteiger partial charge in [0.05, 0.1) is 17.3 Å². The Morgan fingerprint density at radius 2 is 2.00 bits per heavy atom. The minimum Gasteiger partial charge on any atom is -0.479 e. The molecule has 0 bridgehead atoms. The van der Waals surface area contributed by atoms with E-state index >= 15 is 0 Å². The van der Waals surface area contributed by atoms with Gasteiger partial charge in [-0.2, -0.15) is 0 Å². The van der Waals surface area contributed by atoms with Crippen LogP contribution in [0.4, 0.5) is 5.13 Å². The molecule has 0 N–H and O–H groups in total. The van der Waals surface area contributed by atoms with Crippen molar-refractivity contribution in [1.29, 1.82) is 0 Å². The van der Waals surface area contributed by atoms with E-state index in [2.05, 4.69) is 36.0 Å². The molecule has 0 saturated heterocycles. The van der Waals surface area contributed by atoms with E-state index in [4.69, 9.17) is 9.72 Å². The van der Waals surface area contributed by atoms with Gasteiger partial charge in [-0.3, -0.25) is 14.4 Å². The number of aromatic nitrogens is 3. The van der Waals surface area contributed by atoms with Crippen molar-refractivity contribution >= 4 is 32.6 Å². The number of anilines is 1. The molecule has 0 aliphatic rings. The second-order valence-corrected chi connectivity index (χ2v) is 8.20. The first-order valence-corrected chi connectivity index (χ1v) is 10.0. The monoisotopic (exact) mass is 401 g/mol. The molecule has 0 unspecified atom stereocenters. The standard InChI is InChI=1S/C20H27N5O2S/c1-13-8-9-16-17(14(13)2)21-20(28-16)25(11-7-10-23(3)4)19(26)15-12-24(5)22-18(15)27-6/h8-9,12H,7,10-11H2,1-6H3. The summed E-state index contributed by atoms with van der Waals surface area (Å²) in [4.78, 5) is 22.1. The van der Waals surface area contributed by atoms with Crippen LogP contribution in [0.25, 0.3) is 10.2 Å². The van der Waals surface area contributed by atoms with Gasteiger partial charge < -0.3 is 9.64 Å². The van der Waals surface area contributed by atoms with Crippen LogP contribution in [-0.4, -0.2) is 59.9 Å². The molecule has 0 spiro atoms. The van der Waals surface area contributed by atoms with Gasteiger partial charge in [-0.05, 0) is 58.1 Å². The van der Waals surface area contributed by atoms with Crippen molar-refractivity contribution in [3.05, 3.63) is 35.0 Å². The maximum Gasteiger partial charge on any atom is 0.267 e. The highest BCUT2D eigenvalue weighted by Gasteiger charge is 2.26. The van der Waals surface area contributed by atoms with Gasteiger partial charge in [-0.1, -0.05) is 17.4 Å². The molecule has 1 aromatic carbocycles. The summed E-state index contributed by atoms with van der Waals surface area (Å²) in [6.07, 6.45) is 2.54. The Kier molecular flexibility index (Phi) is 6.00. The lowest BCUT2D eigenvalue weighted by atomic mass is 10.1. The lowest BCUT2D eigenvalue weighted by Gasteiger charge is -2.20. The summed E-state index contributed by atoms with van der Waals surface area (Å²) in [5, 5.41) is 4.93. The van der Waals surface area contributed by atoms with Gasteiger partial charge in [0.2, 0.25) is 5.88 Å². The first-order chi connectivity index (χ1) is 13.3. The van der Waals surface area contributed by atoms with Crippen molar-refractivity contribution in [2.45, 2.75) is 20.3 Å². The number of hydrogen-bond acceptors (Lipinski definition) is 6. The van der Waals surface area contributed by atoms with E-state index in [0.717, 1.165) is 28.7 Å². The molecular weight excluding hydrogens is 374 g/mol. The predicted octanol–water partition coefficient (Wildman–Crippen LogP) is 3.25. The Balaban J connectivity index is 2.01. The smallest absolute Gasteiger partial charge is 0.267 e. The first-order valence-electron chi connectivity index (χ1n) is 9.22. The van der Waals surface area contributed by atoms with Gasteiger partial charge in [0.1, 0.15) is 5.56 Å². The highest BCUT2D eigenvalue weighted by atomic mass is 32.1. The summed E-state index contributed by atoms with van der Waals surface area (Å²) in [6, 6.07) is 4.17. The second-order valence-electron chi connectivity index (χ2n) is 7.19. The van der Waals surface area contributed by atoms with Crippen molar-refractivity contribution in [3.8, 4) is 5.88 Å². The zero-order chi connectivity index (χ0) is 20.4.